The summed E-state index contributed by atoms with van der Waals surface area (Å²) in [5, 5.41) is 3.15. The van der Waals surface area contributed by atoms with Gasteiger partial charge in [0.25, 0.3) is 0 Å². The van der Waals surface area contributed by atoms with E-state index in [-0.39, 0.29) is 30.1 Å². The van der Waals surface area contributed by atoms with E-state index in [1.807, 2.05) is 18.2 Å². The van der Waals surface area contributed by atoms with Crippen LogP contribution in [0.2, 0.25) is 0 Å². The molecule has 0 bridgehead atoms. The normalized spacial score (nSPS) is 23.1. The summed E-state index contributed by atoms with van der Waals surface area (Å²) in [5.74, 6) is 2.87. The van der Waals surface area contributed by atoms with Crippen LogP contribution in [0, 0.1) is 11.8 Å². The minimum atomic E-state index is 0. The van der Waals surface area contributed by atoms with Crippen LogP contribution in [0.1, 0.15) is 33.1 Å². The number of nitrogens with two attached hydrogens (primary N) is 1. The molecule has 0 aliphatic carbocycles. The Morgan fingerprint density at radius 1 is 1.19 bits per heavy atom. The molecule has 7 heteroatoms. The minimum absolute atomic E-state index is 0. The largest absolute Gasteiger partial charge is 0.490 e. The number of benzene rings is 1. The maximum absolute atomic E-state index is 6.08. The van der Waals surface area contributed by atoms with Crippen molar-refractivity contribution in [1.82, 2.24) is 0 Å². The molecule has 2 aliphatic heterocycles. The monoisotopic (exact) mass is 475 g/mol. The lowest BCUT2D eigenvalue weighted by Gasteiger charge is -2.33. The highest BCUT2D eigenvalue weighted by molar-refractivity contribution is 14.0. The highest BCUT2D eigenvalue weighted by atomic mass is 127. The number of hydrogen-bond acceptors (Lipinski definition) is 4. The summed E-state index contributed by atoms with van der Waals surface area (Å²) in [6.07, 6.45) is 3.40. The van der Waals surface area contributed by atoms with Gasteiger partial charge in [-0.25, -0.2) is 0 Å². The van der Waals surface area contributed by atoms with Gasteiger partial charge in [0.05, 0.1) is 19.3 Å². The second-order valence-corrected chi connectivity index (χ2v) is 7.04. The lowest BCUT2D eigenvalue weighted by Crippen LogP contribution is -2.36. The maximum atomic E-state index is 6.08. The Bertz CT molecular complexity index is 610. The number of ether oxygens (including phenoxy) is 3. The van der Waals surface area contributed by atoms with Gasteiger partial charge in [-0.05, 0) is 30.9 Å². The van der Waals surface area contributed by atoms with Crippen LogP contribution in [-0.2, 0) is 4.74 Å². The fraction of sp³-hybridized carbons (Fsp3) is 0.632. The van der Waals surface area contributed by atoms with E-state index in [4.69, 9.17) is 19.9 Å². The number of nitrogens with one attached hydrogen (secondary N) is 1. The summed E-state index contributed by atoms with van der Waals surface area (Å²) in [6.45, 7) is 7.29. The van der Waals surface area contributed by atoms with E-state index in [0.717, 1.165) is 43.1 Å². The molecule has 1 aromatic rings. The first-order valence-electron chi connectivity index (χ1n) is 9.21. The molecule has 1 fully saturated rings. The molecule has 0 spiro atoms. The molecular weight excluding hydrogens is 445 g/mol. The Labute approximate surface area is 172 Å². The van der Waals surface area contributed by atoms with Crippen LogP contribution in [0.25, 0.3) is 0 Å². The number of rotatable bonds is 4. The molecule has 1 aromatic carbocycles. The van der Waals surface area contributed by atoms with Crippen molar-refractivity contribution in [3.05, 3.63) is 18.2 Å². The Morgan fingerprint density at radius 2 is 1.96 bits per heavy atom. The molecule has 2 unspecified atom stereocenters. The van der Waals surface area contributed by atoms with Crippen LogP contribution in [0.4, 0.5) is 5.69 Å². The van der Waals surface area contributed by atoms with Gasteiger partial charge in [0, 0.05) is 37.2 Å². The van der Waals surface area contributed by atoms with Gasteiger partial charge in [0.15, 0.2) is 17.5 Å². The zero-order valence-corrected chi connectivity index (χ0v) is 17.9. The Hall–Kier alpha value is -1.22. The molecule has 2 heterocycles. The number of anilines is 1. The van der Waals surface area contributed by atoms with Gasteiger partial charge >= 0.3 is 0 Å². The zero-order valence-electron chi connectivity index (χ0n) is 15.6. The van der Waals surface area contributed by atoms with Gasteiger partial charge in [0.2, 0.25) is 0 Å². The van der Waals surface area contributed by atoms with E-state index < -0.39 is 0 Å². The molecule has 2 atom stereocenters. The SMILES string of the molecule is CC(C)C1OCCCC1CN=C(N)Nc1ccc2c(c1)OCCCO2.I. The molecule has 0 radical (unpaired) electrons. The van der Waals surface area contributed by atoms with Crippen molar-refractivity contribution >= 4 is 35.6 Å². The van der Waals surface area contributed by atoms with Gasteiger partial charge in [-0.3, -0.25) is 4.99 Å². The lowest BCUT2D eigenvalue weighted by molar-refractivity contribution is -0.0491. The quantitative estimate of drug-likeness (QED) is 0.395. The second kappa shape index (κ2) is 10.2. The van der Waals surface area contributed by atoms with Crippen LogP contribution >= 0.6 is 24.0 Å². The fourth-order valence-electron chi connectivity index (χ4n) is 3.44. The van der Waals surface area contributed by atoms with Crippen LogP contribution < -0.4 is 20.5 Å². The summed E-state index contributed by atoms with van der Waals surface area (Å²) >= 11 is 0. The Balaban J connectivity index is 0.00000243. The number of hydrogen-bond donors (Lipinski definition) is 2. The van der Waals surface area contributed by atoms with Gasteiger partial charge in [-0.1, -0.05) is 13.8 Å². The summed E-state index contributed by atoms with van der Waals surface area (Å²) in [5.41, 5.74) is 6.93. The minimum Gasteiger partial charge on any atom is -0.490 e. The second-order valence-electron chi connectivity index (χ2n) is 7.04. The molecule has 3 N–H and O–H groups in total. The summed E-state index contributed by atoms with van der Waals surface area (Å²) in [4.78, 5) is 4.54. The van der Waals surface area contributed by atoms with Crippen molar-refractivity contribution in [1.29, 1.82) is 0 Å². The summed E-state index contributed by atoms with van der Waals surface area (Å²) in [7, 11) is 0. The molecule has 0 aromatic heterocycles. The van der Waals surface area contributed by atoms with Crippen molar-refractivity contribution in [2.75, 3.05) is 31.7 Å². The zero-order chi connectivity index (χ0) is 17.6. The summed E-state index contributed by atoms with van der Waals surface area (Å²) < 4.78 is 17.3. The van der Waals surface area contributed by atoms with Crippen LogP contribution in [0.15, 0.2) is 23.2 Å². The van der Waals surface area contributed by atoms with Gasteiger partial charge < -0.3 is 25.3 Å². The third-order valence-electron chi connectivity index (χ3n) is 4.67. The topological polar surface area (TPSA) is 78.1 Å². The Morgan fingerprint density at radius 3 is 2.73 bits per heavy atom. The van der Waals surface area contributed by atoms with Crippen LogP contribution in [-0.4, -0.2) is 38.4 Å². The van der Waals surface area contributed by atoms with E-state index in [1.165, 1.54) is 0 Å². The molecule has 146 valence electrons. The molecular formula is C19H30IN3O3. The third kappa shape index (κ3) is 5.64. The van der Waals surface area contributed by atoms with Crippen LogP contribution in [0.5, 0.6) is 11.5 Å². The van der Waals surface area contributed by atoms with E-state index in [0.29, 0.717) is 37.6 Å². The fourth-order valence-corrected chi connectivity index (χ4v) is 3.44. The molecule has 1 saturated heterocycles. The van der Waals surface area contributed by atoms with Crippen molar-refractivity contribution < 1.29 is 14.2 Å². The van der Waals surface area contributed by atoms with Gasteiger partial charge in [0.1, 0.15) is 0 Å². The average Bonchev–Trinajstić information content (AvgIpc) is 2.85. The van der Waals surface area contributed by atoms with Crippen molar-refractivity contribution in [3.8, 4) is 11.5 Å². The predicted molar refractivity (Wildman–Crippen MR) is 115 cm³/mol. The molecule has 3 rings (SSSR count). The average molecular weight is 475 g/mol. The number of nitrogens with zero attached hydrogens (tertiary/aromatic N) is 1. The first kappa shape index (κ1) is 21.1. The van der Waals surface area contributed by atoms with E-state index >= 15 is 0 Å². The van der Waals surface area contributed by atoms with Crippen molar-refractivity contribution in [2.24, 2.45) is 22.6 Å². The molecule has 26 heavy (non-hydrogen) atoms. The van der Waals surface area contributed by atoms with Crippen molar-refractivity contribution in [2.45, 2.75) is 39.2 Å². The molecule has 0 amide bonds. The van der Waals surface area contributed by atoms with Crippen molar-refractivity contribution in [3.63, 3.8) is 0 Å². The first-order valence-corrected chi connectivity index (χ1v) is 9.21. The number of halogens is 1. The van der Waals surface area contributed by atoms with Crippen LogP contribution in [0.3, 0.4) is 0 Å². The molecule has 2 aliphatic rings. The lowest BCUT2D eigenvalue weighted by atomic mass is 9.87. The van der Waals surface area contributed by atoms with E-state index in [9.17, 15) is 0 Å². The number of fused-ring (bicyclic) bond motifs is 1. The maximum Gasteiger partial charge on any atom is 0.193 e. The van der Waals surface area contributed by atoms with Gasteiger partial charge in [-0.2, -0.15) is 0 Å². The van der Waals surface area contributed by atoms with E-state index in [2.05, 4.69) is 24.2 Å². The molecule has 0 saturated carbocycles. The first-order chi connectivity index (χ1) is 12.1. The van der Waals surface area contributed by atoms with E-state index in [1.54, 1.807) is 0 Å². The molecule has 6 nitrogen and oxygen atoms in total. The highest BCUT2D eigenvalue weighted by Crippen LogP contribution is 2.32. The Kier molecular flexibility index (Phi) is 8.27. The third-order valence-corrected chi connectivity index (χ3v) is 4.67. The summed E-state index contributed by atoms with van der Waals surface area (Å²) in [6, 6.07) is 5.74. The van der Waals surface area contributed by atoms with Gasteiger partial charge in [-0.15, -0.1) is 24.0 Å². The standard InChI is InChI=1S/C19H29N3O3.HI/c1-13(2)18-14(5-3-8-25-18)12-21-19(20)22-15-6-7-16-17(11-15)24-10-4-9-23-16;/h6-7,11,13-14,18H,3-5,8-10,12H2,1-2H3,(H3,20,21,22);1H. The smallest absolute Gasteiger partial charge is 0.193 e. The predicted octanol–water partition coefficient (Wildman–Crippen LogP) is 3.64. The highest BCUT2D eigenvalue weighted by Gasteiger charge is 2.28. The number of guanidine groups is 1. The number of aliphatic imine (C=N–C) groups is 1.